The van der Waals surface area contributed by atoms with Gasteiger partial charge >= 0.3 is 5.97 Å². The highest BCUT2D eigenvalue weighted by Gasteiger charge is 2.19. The molecule has 6 nitrogen and oxygen atoms in total. The zero-order valence-electron chi connectivity index (χ0n) is 23.7. The van der Waals surface area contributed by atoms with Gasteiger partial charge in [0.1, 0.15) is 11.6 Å². The van der Waals surface area contributed by atoms with Crippen LogP contribution in [0.25, 0.3) is 28.7 Å². The van der Waals surface area contributed by atoms with Crippen LogP contribution >= 0.6 is 0 Å². The van der Waals surface area contributed by atoms with E-state index in [-0.39, 0.29) is 5.57 Å². The minimum atomic E-state index is -1.24. The van der Waals surface area contributed by atoms with Crippen molar-refractivity contribution in [1.82, 2.24) is 9.97 Å². The largest absolute Gasteiger partial charge is 0.477 e. The smallest absolute Gasteiger partial charge is 0.346 e. The fourth-order valence-electron chi connectivity index (χ4n) is 5.66. The second-order valence-corrected chi connectivity index (χ2v) is 10.9. The number of carboxylic acids is 1. The number of hydrogen-bond donors (Lipinski definition) is 3. The summed E-state index contributed by atoms with van der Waals surface area (Å²) in [6, 6.07) is 25.3. The fraction of sp³-hybridized carbons (Fsp3) is 0.314. The summed E-state index contributed by atoms with van der Waals surface area (Å²) in [7, 11) is 0. The molecule has 1 aliphatic heterocycles. The molecule has 4 aromatic rings. The summed E-state index contributed by atoms with van der Waals surface area (Å²) in [5.74, 6) is -1.24. The topological polar surface area (TPSA) is 95.9 Å². The van der Waals surface area contributed by atoms with Crippen LogP contribution in [0.15, 0.2) is 72.3 Å². The van der Waals surface area contributed by atoms with E-state index >= 15 is 0 Å². The van der Waals surface area contributed by atoms with Crippen molar-refractivity contribution in [3.05, 3.63) is 89.1 Å². The Labute approximate surface area is 242 Å². The van der Waals surface area contributed by atoms with Crippen LogP contribution in [0.1, 0.15) is 68.7 Å². The Morgan fingerprint density at radius 1 is 0.927 bits per heavy atom. The van der Waals surface area contributed by atoms with E-state index in [9.17, 15) is 4.79 Å². The Bertz CT molecular complexity index is 1550. The normalized spacial score (nSPS) is 13.2. The molecule has 6 heteroatoms. The standard InChI is InChI=1S/C35H38N4O2/c1-2-3-4-5-6-7-9-25-11-15-30(16-12-25)39-21-8-10-27-22-26(13-20-34(27)39)31-18-19-33(38-31)32-17-14-29(37-32)23-28(24-36)35(40)41/h11-20,22-23,37-38H,2-10,21H2,1H3,(H,40,41)/b28-23+. The van der Waals surface area contributed by atoms with Gasteiger partial charge in [0.25, 0.3) is 0 Å². The minimum absolute atomic E-state index is 0.308. The number of nitrogens with one attached hydrogen (secondary N) is 2. The lowest BCUT2D eigenvalue weighted by molar-refractivity contribution is -0.132. The number of anilines is 2. The lowest BCUT2D eigenvalue weighted by Crippen LogP contribution is -2.24. The SMILES string of the molecule is CCCCCCCCc1ccc(N2CCCc3cc(-c4ccc(-c5ccc(/C=C(\C#N)C(=O)O)[nH]5)[nH]4)ccc32)cc1. The summed E-state index contributed by atoms with van der Waals surface area (Å²) in [6.45, 7) is 3.29. The molecule has 0 fully saturated rings. The van der Waals surface area contributed by atoms with Gasteiger partial charge in [0.05, 0.1) is 11.4 Å². The zero-order chi connectivity index (χ0) is 28.6. The van der Waals surface area contributed by atoms with E-state index in [2.05, 4.69) is 70.3 Å². The van der Waals surface area contributed by atoms with Crippen LogP contribution in [0.5, 0.6) is 0 Å². The van der Waals surface area contributed by atoms with Gasteiger partial charge in [-0.25, -0.2) is 4.79 Å². The number of hydrogen-bond acceptors (Lipinski definition) is 3. The van der Waals surface area contributed by atoms with Gasteiger partial charge in [-0.2, -0.15) is 5.26 Å². The molecule has 3 N–H and O–H groups in total. The maximum Gasteiger partial charge on any atom is 0.346 e. The van der Waals surface area contributed by atoms with Crippen LogP contribution in [0.3, 0.4) is 0 Å². The van der Waals surface area contributed by atoms with Crippen LogP contribution in [0.2, 0.25) is 0 Å². The number of aromatic nitrogens is 2. The zero-order valence-corrected chi connectivity index (χ0v) is 23.7. The first-order valence-corrected chi connectivity index (χ1v) is 14.8. The molecule has 2 aromatic heterocycles. The Morgan fingerprint density at radius 3 is 2.44 bits per heavy atom. The summed E-state index contributed by atoms with van der Waals surface area (Å²) in [5.41, 5.74) is 9.46. The number of carbonyl (C=O) groups is 1. The number of aromatic amines is 2. The molecule has 2 aromatic carbocycles. The molecule has 41 heavy (non-hydrogen) atoms. The van der Waals surface area contributed by atoms with E-state index in [1.54, 1.807) is 12.1 Å². The highest BCUT2D eigenvalue weighted by molar-refractivity contribution is 5.96. The average Bonchev–Trinajstić information content (AvgIpc) is 3.67. The molecular weight excluding hydrogens is 508 g/mol. The minimum Gasteiger partial charge on any atom is -0.477 e. The maximum atomic E-state index is 11.1. The molecule has 0 unspecified atom stereocenters. The third kappa shape index (κ3) is 6.81. The highest BCUT2D eigenvalue weighted by atomic mass is 16.4. The summed E-state index contributed by atoms with van der Waals surface area (Å²) >= 11 is 0. The van der Waals surface area contributed by atoms with Gasteiger partial charge in [-0.1, -0.05) is 57.2 Å². The fourth-order valence-corrected chi connectivity index (χ4v) is 5.66. The van der Waals surface area contributed by atoms with Crippen LogP contribution in [0, 0.1) is 11.3 Å². The van der Waals surface area contributed by atoms with E-state index in [0.717, 1.165) is 48.5 Å². The Hall–Kier alpha value is -4.50. The molecule has 0 aliphatic carbocycles. The van der Waals surface area contributed by atoms with Crippen molar-refractivity contribution in [2.75, 3.05) is 11.4 Å². The Balaban J connectivity index is 1.26. The van der Waals surface area contributed by atoms with E-state index in [1.807, 2.05) is 12.1 Å². The molecule has 0 spiro atoms. The molecule has 0 saturated heterocycles. The molecule has 5 rings (SSSR count). The van der Waals surface area contributed by atoms with Crippen LogP contribution in [0.4, 0.5) is 11.4 Å². The quantitative estimate of drug-likeness (QED) is 0.0941. The van der Waals surface area contributed by atoms with Gasteiger partial charge < -0.3 is 20.0 Å². The van der Waals surface area contributed by atoms with Crippen molar-refractivity contribution >= 4 is 23.4 Å². The van der Waals surface area contributed by atoms with Crippen molar-refractivity contribution in [2.45, 2.75) is 64.7 Å². The van der Waals surface area contributed by atoms with Gasteiger partial charge in [-0.3, -0.25) is 0 Å². The van der Waals surface area contributed by atoms with Gasteiger partial charge in [0.2, 0.25) is 0 Å². The summed E-state index contributed by atoms with van der Waals surface area (Å²) in [4.78, 5) is 20.3. The number of unbranched alkanes of at least 4 members (excludes halogenated alkanes) is 5. The first kappa shape index (κ1) is 28.0. The number of rotatable bonds is 12. The summed E-state index contributed by atoms with van der Waals surface area (Å²) in [6.07, 6.45) is 12.6. The molecule has 210 valence electrons. The first-order valence-electron chi connectivity index (χ1n) is 14.8. The van der Waals surface area contributed by atoms with E-state index in [1.165, 1.54) is 67.1 Å². The molecular formula is C35H38N4O2. The number of benzene rings is 2. The first-order chi connectivity index (χ1) is 20.1. The van der Waals surface area contributed by atoms with Gasteiger partial charge in [0, 0.05) is 29.3 Å². The van der Waals surface area contributed by atoms with E-state index in [0.29, 0.717) is 5.69 Å². The van der Waals surface area contributed by atoms with Crippen molar-refractivity contribution in [2.24, 2.45) is 0 Å². The molecule has 3 heterocycles. The molecule has 0 saturated carbocycles. The van der Waals surface area contributed by atoms with Crippen LogP contribution in [-0.2, 0) is 17.6 Å². The summed E-state index contributed by atoms with van der Waals surface area (Å²) in [5, 5.41) is 18.1. The number of nitrogens with zero attached hydrogens (tertiary/aromatic N) is 2. The number of aliphatic carboxylic acids is 1. The lowest BCUT2D eigenvalue weighted by Gasteiger charge is -2.32. The summed E-state index contributed by atoms with van der Waals surface area (Å²) < 4.78 is 0. The second kappa shape index (κ2) is 13.2. The maximum absolute atomic E-state index is 11.1. The van der Waals surface area contributed by atoms with Gasteiger partial charge in [-0.15, -0.1) is 0 Å². The predicted octanol–water partition coefficient (Wildman–Crippen LogP) is 8.66. The Morgan fingerprint density at radius 2 is 1.66 bits per heavy atom. The molecule has 1 aliphatic rings. The van der Waals surface area contributed by atoms with E-state index in [4.69, 9.17) is 10.4 Å². The third-order valence-electron chi connectivity index (χ3n) is 7.91. The van der Waals surface area contributed by atoms with Gasteiger partial charge in [-0.05, 0) is 97.0 Å². The molecule has 0 radical (unpaired) electrons. The highest BCUT2D eigenvalue weighted by Crippen LogP contribution is 2.36. The number of fused-ring (bicyclic) bond motifs is 1. The van der Waals surface area contributed by atoms with Crippen molar-refractivity contribution < 1.29 is 9.90 Å². The number of H-pyrrole nitrogens is 2. The van der Waals surface area contributed by atoms with Crippen molar-refractivity contribution in [3.63, 3.8) is 0 Å². The average molecular weight is 547 g/mol. The predicted molar refractivity (Wildman–Crippen MR) is 166 cm³/mol. The number of nitriles is 1. The second-order valence-electron chi connectivity index (χ2n) is 10.9. The Kier molecular flexibility index (Phi) is 9.05. The van der Waals surface area contributed by atoms with Crippen LogP contribution in [-0.4, -0.2) is 27.6 Å². The van der Waals surface area contributed by atoms with Crippen molar-refractivity contribution in [1.29, 1.82) is 5.26 Å². The molecule has 0 bridgehead atoms. The number of carboxylic acid groups (broad SMARTS) is 1. The third-order valence-corrected chi connectivity index (χ3v) is 7.91. The van der Waals surface area contributed by atoms with Crippen molar-refractivity contribution in [3.8, 4) is 28.7 Å². The lowest BCUT2D eigenvalue weighted by atomic mass is 9.97. The monoisotopic (exact) mass is 546 g/mol. The molecule has 0 atom stereocenters. The van der Waals surface area contributed by atoms with E-state index < -0.39 is 5.97 Å². The van der Waals surface area contributed by atoms with Gasteiger partial charge in [0.15, 0.2) is 0 Å². The number of aryl methyl sites for hydroxylation is 2. The molecule has 0 amide bonds. The van der Waals surface area contributed by atoms with Crippen LogP contribution < -0.4 is 4.90 Å².